The van der Waals surface area contributed by atoms with E-state index in [1.807, 2.05) is 5.51 Å². The Hall–Kier alpha value is -0.490. The number of nitrogens with zero attached hydrogens (tertiary/aromatic N) is 2. The summed E-state index contributed by atoms with van der Waals surface area (Å²) in [5.41, 5.74) is 3.08. The highest BCUT2D eigenvalue weighted by molar-refractivity contribution is 7.09. The van der Waals surface area contributed by atoms with E-state index in [0.29, 0.717) is 0 Å². The average Bonchev–Trinajstić information content (AvgIpc) is 2.69. The Balaban J connectivity index is 2.05. The van der Waals surface area contributed by atoms with E-state index in [4.69, 9.17) is 4.74 Å². The zero-order chi connectivity index (χ0) is 12.5. The van der Waals surface area contributed by atoms with Gasteiger partial charge in [0, 0.05) is 38.2 Å². The van der Waals surface area contributed by atoms with Crippen molar-refractivity contribution in [3.8, 4) is 0 Å². The molecule has 0 fully saturated rings. The summed E-state index contributed by atoms with van der Waals surface area (Å²) >= 11 is 1.74. The molecule has 0 atom stereocenters. The first-order valence-electron chi connectivity index (χ1n) is 6.01. The number of hydrogen-bond acceptors (Lipinski definition) is 5. The van der Waals surface area contributed by atoms with Gasteiger partial charge in [-0.1, -0.05) is 0 Å². The number of aromatic nitrogens is 1. The molecule has 0 aliphatic carbocycles. The lowest BCUT2D eigenvalue weighted by molar-refractivity contribution is 0.194. The van der Waals surface area contributed by atoms with Crippen LogP contribution in [0.4, 0.5) is 0 Å². The van der Waals surface area contributed by atoms with Crippen LogP contribution in [-0.2, 0) is 11.3 Å². The zero-order valence-corrected chi connectivity index (χ0v) is 11.8. The maximum absolute atomic E-state index is 5.00. The second-order valence-corrected chi connectivity index (χ2v) is 5.13. The molecule has 1 aromatic heterocycles. The van der Waals surface area contributed by atoms with E-state index in [9.17, 15) is 0 Å². The Morgan fingerprint density at radius 1 is 1.47 bits per heavy atom. The Bertz CT molecular complexity index is 304. The minimum absolute atomic E-state index is 0.836. The highest BCUT2D eigenvalue weighted by Crippen LogP contribution is 2.13. The van der Waals surface area contributed by atoms with Gasteiger partial charge in [0.15, 0.2) is 0 Å². The van der Waals surface area contributed by atoms with Crippen LogP contribution in [0.15, 0.2) is 5.51 Å². The van der Waals surface area contributed by atoms with Crippen molar-refractivity contribution in [1.82, 2.24) is 15.2 Å². The minimum atomic E-state index is 0.836. The van der Waals surface area contributed by atoms with Crippen LogP contribution in [0.2, 0.25) is 0 Å². The Morgan fingerprint density at radius 2 is 2.29 bits per heavy atom. The molecule has 0 radical (unpaired) electrons. The first-order valence-corrected chi connectivity index (χ1v) is 6.89. The third kappa shape index (κ3) is 6.12. The molecule has 1 heterocycles. The molecule has 0 aliphatic heterocycles. The van der Waals surface area contributed by atoms with Crippen LogP contribution < -0.4 is 5.32 Å². The number of rotatable bonds is 9. The van der Waals surface area contributed by atoms with Gasteiger partial charge in [-0.05, 0) is 26.9 Å². The van der Waals surface area contributed by atoms with Crippen LogP contribution in [-0.4, -0.2) is 50.3 Å². The van der Waals surface area contributed by atoms with Crippen LogP contribution in [0.1, 0.15) is 17.0 Å². The molecular weight excluding hydrogens is 234 g/mol. The molecule has 0 saturated heterocycles. The van der Waals surface area contributed by atoms with Gasteiger partial charge in [0.1, 0.15) is 0 Å². The number of thiazole rings is 1. The van der Waals surface area contributed by atoms with Crippen molar-refractivity contribution in [2.75, 3.05) is 40.4 Å². The van der Waals surface area contributed by atoms with Crippen molar-refractivity contribution in [2.24, 2.45) is 0 Å². The molecule has 0 saturated carbocycles. The predicted molar refractivity (Wildman–Crippen MR) is 72.5 cm³/mol. The highest BCUT2D eigenvalue weighted by Gasteiger charge is 2.04. The molecule has 0 bridgehead atoms. The Labute approximate surface area is 108 Å². The van der Waals surface area contributed by atoms with E-state index in [1.54, 1.807) is 18.4 Å². The van der Waals surface area contributed by atoms with Gasteiger partial charge in [0.25, 0.3) is 0 Å². The van der Waals surface area contributed by atoms with Crippen LogP contribution in [0.5, 0.6) is 0 Å². The van der Waals surface area contributed by atoms with Gasteiger partial charge in [-0.15, -0.1) is 11.3 Å². The minimum Gasteiger partial charge on any atom is -0.385 e. The van der Waals surface area contributed by atoms with E-state index >= 15 is 0 Å². The lowest BCUT2D eigenvalue weighted by Crippen LogP contribution is -2.29. The van der Waals surface area contributed by atoms with Gasteiger partial charge < -0.3 is 10.1 Å². The fraction of sp³-hybridized carbons (Fsp3) is 0.750. The van der Waals surface area contributed by atoms with Gasteiger partial charge in [0.2, 0.25) is 0 Å². The average molecular weight is 257 g/mol. The van der Waals surface area contributed by atoms with Crippen LogP contribution in [0.3, 0.4) is 0 Å². The zero-order valence-electron chi connectivity index (χ0n) is 11.0. The molecule has 0 amide bonds. The largest absolute Gasteiger partial charge is 0.385 e. The van der Waals surface area contributed by atoms with Crippen LogP contribution in [0.25, 0.3) is 0 Å². The van der Waals surface area contributed by atoms with Crippen molar-refractivity contribution in [2.45, 2.75) is 19.9 Å². The van der Waals surface area contributed by atoms with Crippen molar-refractivity contribution < 1.29 is 4.74 Å². The molecule has 5 heteroatoms. The summed E-state index contributed by atoms with van der Waals surface area (Å²) in [5.74, 6) is 0. The summed E-state index contributed by atoms with van der Waals surface area (Å²) in [5, 5.41) is 3.41. The quantitative estimate of drug-likeness (QED) is 0.681. The molecule has 1 N–H and O–H groups in total. The SMILES string of the molecule is COCCCNCCN(C)Cc1scnc1C. The molecule has 98 valence electrons. The van der Waals surface area contributed by atoms with E-state index in [1.165, 1.54) is 4.88 Å². The highest BCUT2D eigenvalue weighted by atomic mass is 32.1. The van der Waals surface area contributed by atoms with Crippen LogP contribution in [0, 0.1) is 6.92 Å². The van der Waals surface area contributed by atoms with Gasteiger partial charge in [-0.25, -0.2) is 4.98 Å². The molecule has 1 aromatic rings. The maximum atomic E-state index is 5.00. The molecule has 0 aliphatic rings. The summed E-state index contributed by atoms with van der Waals surface area (Å²) in [6, 6.07) is 0. The normalized spacial score (nSPS) is 11.3. The van der Waals surface area contributed by atoms with Crippen molar-refractivity contribution in [3.05, 3.63) is 16.1 Å². The number of ether oxygens (including phenoxy) is 1. The predicted octanol–water partition coefficient (Wildman–Crippen LogP) is 1.51. The fourth-order valence-corrected chi connectivity index (χ4v) is 2.39. The number of hydrogen-bond donors (Lipinski definition) is 1. The van der Waals surface area contributed by atoms with E-state index in [-0.39, 0.29) is 0 Å². The molecule has 1 rings (SSSR count). The van der Waals surface area contributed by atoms with Crippen molar-refractivity contribution in [3.63, 3.8) is 0 Å². The summed E-state index contributed by atoms with van der Waals surface area (Å²) in [6.45, 7) is 7.02. The van der Waals surface area contributed by atoms with E-state index in [2.05, 4.69) is 29.2 Å². The standard InChI is InChI=1S/C12H23N3OS/c1-11-12(17-10-14-11)9-15(2)7-6-13-5-4-8-16-3/h10,13H,4-9H2,1-3H3. The molecular formula is C12H23N3OS. The molecule has 0 aromatic carbocycles. The molecule has 0 unspecified atom stereocenters. The first-order chi connectivity index (χ1) is 8.24. The summed E-state index contributed by atoms with van der Waals surface area (Å²) in [7, 11) is 3.89. The Kier molecular flexibility index (Phi) is 7.35. The Morgan fingerprint density at radius 3 is 2.94 bits per heavy atom. The van der Waals surface area contributed by atoms with Crippen LogP contribution >= 0.6 is 11.3 Å². The fourth-order valence-electron chi connectivity index (χ4n) is 1.54. The van der Waals surface area contributed by atoms with Gasteiger partial charge in [-0.3, -0.25) is 4.90 Å². The number of likely N-dealkylation sites (N-methyl/N-ethyl adjacent to an activating group) is 1. The smallest absolute Gasteiger partial charge is 0.0798 e. The number of aryl methyl sites for hydroxylation is 1. The monoisotopic (exact) mass is 257 g/mol. The maximum Gasteiger partial charge on any atom is 0.0798 e. The van der Waals surface area contributed by atoms with E-state index < -0.39 is 0 Å². The summed E-state index contributed by atoms with van der Waals surface area (Å²) in [6.07, 6.45) is 1.08. The van der Waals surface area contributed by atoms with E-state index in [0.717, 1.165) is 44.9 Å². The van der Waals surface area contributed by atoms with Crippen molar-refractivity contribution in [1.29, 1.82) is 0 Å². The molecule has 17 heavy (non-hydrogen) atoms. The number of methoxy groups -OCH3 is 1. The second-order valence-electron chi connectivity index (χ2n) is 4.20. The second kappa shape index (κ2) is 8.58. The van der Waals surface area contributed by atoms with Gasteiger partial charge in [0.05, 0.1) is 11.2 Å². The topological polar surface area (TPSA) is 37.4 Å². The first kappa shape index (κ1) is 14.6. The molecule has 4 nitrogen and oxygen atoms in total. The summed E-state index contributed by atoms with van der Waals surface area (Å²) < 4.78 is 5.00. The van der Waals surface area contributed by atoms with Gasteiger partial charge >= 0.3 is 0 Å². The lowest BCUT2D eigenvalue weighted by Gasteiger charge is -2.16. The third-order valence-corrected chi connectivity index (χ3v) is 3.55. The lowest BCUT2D eigenvalue weighted by atomic mass is 10.3. The van der Waals surface area contributed by atoms with Crippen molar-refractivity contribution >= 4 is 11.3 Å². The molecule has 0 spiro atoms. The van der Waals surface area contributed by atoms with Gasteiger partial charge in [-0.2, -0.15) is 0 Å². The summed E-state index contributed by atoms with van der Waals surface area (Å²) in [4.78, 5) is 7.95. The third-order valence-electron chi connectivity index (χ3n) is 2.63. The number of nitrogens with one attached hydrogen (secondary N) is 1.